The standard InChI is InChI=1S/C13H18N4O2/c1-10-5-3-6-12(11(10)2)19-9-13-14-15-16-17(13)7-4-8-18/h3,5-6,18H,4,7-9H2,1-2H3. The molecule has 0 saturated carbocycles. The SMILES string of the molecule is Cc1cccc(OCc2nnnn2CCCO)c1C. The zero-order chi connectivity index (χ0) is 13.7. The van der Waals surface area contributed by atoms with Crippen molar-refractivity contribution in [3.05, 3.63) is 35.2 Å². The van der Waals surface area contributed by atoms with Gasteiger partial charge in [0.2, 0.25) is 0 Å². The van der Waals surface area contributed by atoms with E-state index in [9.17, 15) is 0 Å². The first-order chi connectivity index (χ1) is 9.22. The van der Waals surface area contributed by atoms with Crippen molar-refractivity contribution in [3.8, 4) is 5.75 Å². The van der Waals surface area contributed by atoms with E-state index in [0.29, 0.717) is 25.4 Å². The monoisotopic (exact) mass is 262 g/mol. The summed E-state index contributed by atoms with van der Waals surface area (Å²) in [5.41, 5.74) is 2.31. The molecule has 0 atom stereocenters. The summed E-state index contributed by atoms with van der Waals surface area (Å²) < 4.78 is 7.41. The molecule has 1 aromatic carbocycles. The van der Waals surface area contributed by atoms with Gasteiger partial charge in [-0.3, -0.25) is 0 Å². The van der Waals surface area contributed by atoms with Gasteiger partial charge in [-0.2, -0.15) is 0 Å². The number of hydrogen-bond acceptors (Lipinski definition) is 5. The van der Waals surface area contributed by atoms with E-state index in [2.05, 4.69) is 15.5 Å². The summed E-state index contributed by atoms with van der Waals surface area (Å²) in [6.45, 7) is 5.11. The summed E-state index contributed by atoms with van der Waals surface area (Å²) in [5, 5.41) is 20.2. The normalized spacial score (nSPS) is 10.7. The lowest BCUT2D eigenvalue weighted by molar-refractivity contribution is 0.263. The molecule has 0 fully saturated rings. The molecule has 2 rings (SSSR count). The molecule has 0 aliphatic rings. The average molecular weight is 262 g/mol. The number of aliphatic hydroxyl groups excluding tert-OH is 1. The molecule has 0 bridgehead atoms. The molecule has 6 nitrogen and oxygen atoms in total. The summed E-state index contributed by atoms with van der Waals surface area (Å²) in [6.07, 6.45) is 0.627. The maximum absolute atomic E-state index is 8.82. The van der Waals surface area contributed by atoms with E-state index in [1.165, 1.54) is 5.56 Å². The largest absolute Gasteiger partial charge is 0.485 e. The van der Waals surface area contributed by atoms with Gasteiger partial charge in [-0.15, -0.1) is 5.10 Å². The average Bonchev–Trinajstić information content (AvgIpc) is 2.85. The van der Waals surface area contributed by atoms with Crippen LogP contribution in [0.1, 0.15) is 23.4 Å². The second kappa shape index (κ2) is 6.29. The number of ether oxygens (including phenoxy) is 1. The molecule has 0 aliphatic carbocycles. The molecular formula is C13H18N4O2. The van der Waals surface area contributed by atoms with Gasteiger partial charge in [0.1, 0.15) is 12.4 Å². The third kappa shape index (κ3) is 3.29. The summed E-state index contributed by atoms with van der Waals surface area (Å²) in [7, 11) is 0. The van der Waals surface area contributed by atoms with Gasteiger partial charge in [-0.1, -0.05) is 12.1 Å². The predicted molar refractivity (Wildman–Crippen MR) is 69.8 cm³/mol. The number of aryl methyl sites for hydroxylation is 2. The molecule has 1 N–H and O–H groups in total. The van der Waals surface area contributed by atoms with Crippen LogP contribution in [0.4, 0.5) is 0 Å². The van der Waals surface area contributed by atoms with Crippen LogP contribution in [0.2, 0.25) is 0 Å². The Balaban J connectivity index is 2.02. The van der Waals surface area contributed by atoms with Gasteiger partial charge >= 0.3 is 0 Å². The molecule has 0 aliphatic heterocycles. The minimum atomic E-state index is 0.122. The Bertz CT molecular complexity index is 539. The Hall–Kier alpha value is -1.95. The van der Waals surface area contributed by atoms with Crippen LogP contribution in [-0.2, 0) is 13.2 Å². The lowest BCUT2D eigenvalue weighted by atomic mass is 10.1. The van der Waals surface area contributed by atoms with Crippen molar-refractivity contribution in [2.45, 2.75) is 33.4 Å². The van der Waals surface area contributed by atoms with E-state index in [4.69, 9.17) is 9.84 Å². The van der Waals surface area contributed by atoms with E-state index in [1.54, 1.807) is 4.68 Å². The Labute approximate surface area is 112 Å². The minimum Gasteiger partial charge on any atom is -0.485 e. The van der Waals surface area contributed by atoms with Crippen molar-refractivity contribution in [1.82, 2.24) is 20.2 Å². The Morgan fingerprint density at radius 1 is 1.32 bits per heavy atom. The molecule has 0 unspecified atom stereocenters. The molecule has 6 heteroatoms. The Morgan fingerprint density at radius 2 is 2.16 bits per heavy atom. The number of rotatable bonds is 6. The van der Waals surface area contributed by atoms with E-state index in [-0.39, 0.29) is 6.61 Å². The van der Waals surface area contributed by atoms with Crippen LogP contribution in [0.5, 0.6) is 5.75 Å². The first kappa shape index (κ1) is 13.5. The molecule has 0 saturated heterocycles. The summed E-state index contributed by atoms with van der Waals surface area (Å²) in [5.74, 6) is 1.51. The molecule has 2 aromatic rings. The molecule has 1 heterocycles. The smallest absolute Gasteiger partial charge is 0.189 e. The highest BCUT2D eigenvalue weighted by Gasteiger charge is 2.08. The third-order valence-corrected chi connectivity index (χ3v) is 3.05. The number of aliphatic hydroxyl groups is 1. The highest BCUT2D eigenvalue weighted by molar-refractivity contribution is 5.38. The van der Waals surface area contributed by atoms with Gasteiger partial charge in [-0.05, 0) is 47.9 Å². The van der Waals surface area contributed by atoms with E-state index < -0.39 is 0 Å². The lowest BCUT2D eigenvalue weighted by Crippen LogP contribution is -2.10. The second-order valence-electron chi connectivity index (χ2n) is 4.38. The molecular weight excluding hydrogens is 244 g/mol. The zero-order valence-corrected chi connectivity index (χ0v) is 11.2. The van der Waals surface area contributed by atoms with Crippen molar-refractivity contribution in [1.29, 1.82) is 0 Å². The molecule has 19 heavy (non-hydrogen) atoms. The van der Waals surface area contributed by atoms with Crippen LogP contribution in [0, 0.1) is 13.8 Å². The molecule has 102 valence electrons. The predicted octanol–water partition coefficient (Wildman–Crippen LogP) is 1.25. The topological polar surface area (TPSA) is 73.1 Å². The highest BCUT2D eigenvalue weighted by Crippen LogP contribution is 2.21. The number of aromatic nitrogens is 4. The number of benzene rings is 1. The summed E-state index contributed by atoms with van der Waals surface area (Å²) in [6, 6.07) is 5.95. The molecule has 1 aromatic heterocycles. The zero-order valence-electron chi connectivity index (χ0n) is 11.2. The fourth-order valence-corrected chi connectivity index (χ4v) is 1.74. The fraction of sp³-hybridized carbons (Fsp3) is 0.462. The van der Waals surface area contributed by atoms with Gasteiger partial charge in [-0.25, -0.2) is 4.68 Å². The van der Waals surface area contributed by atoms with Crippen molar-refractivity contribution in [2.24, 2.45) is 0 Å². The summed E-state index contributed by atoms with van der Waals surface area (Å²) in [4.78, 5) is 0. The van der Waals surface area contributed by atoms with Crippen LogP contribution >= 0.6 is 0 Å². The van der Waals surface area contributed by atoms with Crippen molar-refractivity contribution >= 4 is 0 Å². The van der Waals surface area contributed by atoms with Crippen molar-refractivity contribution < 1.29 is 9.84 Å². The van der Waals surface area contributed by atoms with E-state index in [0.717, 1.165) is 11.3 Å². The van der Waals surface area contributed by atoms with Gasteiger partial charge in [0.05, 0.1) is 0 Å². The second-order valence-corrected chi connectivity index (χ2v) is 4.38. The van der Waals surface area contributed by atoms with Crippen LogP contribution in [0.25, 0.3) is 0 Å². The maximum Gasteiger partial charge on any atom is 0.189 e. The van der Waals surface area contributed by atoms with E-state index in [1.807, 2.05) is 32.0 Å². The van der Waals surface area contributed by atoms with Gasteiger partial charge in [0, 0.05) is 13.2 Å². The lowest BCUT2D eigenvalue weighted by Gasteiger charge is -2.10. The first-order valence-electron chi connectivity index (χ1n) is 6.27. The van der Waals surface area contributed by atoms with Crippen molar-refractivity contribution in [3.63, 3.8) is 0 Å². The first-order valence-corrected chi connectivity index (χ1v) is 6.27. The number of nitrogens with zero attached hydrogens (tertiary/aromatic N) is 4. The fourth-order valence-electron chi connectivity index (χ4n) is 1.74. The third-order valence-electron chi connectivity index (χ3n) is 3.05. The Kier molecular flexibility index (Phi) is 4.46. The van der Waals surface area contributed by atoms with Crippen LogP contribution in [0.15, 0.2) is 18.2 Å². The van der Waals surface area contributed by atoms with Crippen LogP contribution in [-0.4, -0.2) is 31.9 Å². The van der Waals surface area contributed by atoms with Gasteiger partial charge in [0.15, 0.2) is 5.82 Å². The van der Waals surface area contributed by atoms with Crippen LogP contribution < -0.4 is 4.74 Å². The highest BCUT2D eigenvalue weighted by atomic mass is 16.5. The van der Waals surface area contributed by atoms with Crippen LogP contribution in [0.3, 0.4) is 0 Å². The van der Waals surface area contributed by atoms with Gasteiger partial charge < -0.3 is 9.84 Å². The van der Waals surface area contributed by atoms with Gasteiger partial charge in [0.25, 0.3) is 0 Å². The summed E-state index contributed by atoms with van der Waals surface area (Å²) >= 11 is 0. The minimum absolute atomic E-state index is 0.122. The molecule has 0 spiro atoms. The number of hydrogen-bond donors (Lipinski definition) is 1. The quantitative estimate of drug-likeness (QED) is 0.848. The Morgan fingerprint density at radius 3 is 2.95 bits per heavy atom. The molecule has 0 radical (unpaired) electrons. The number of tetrazole rings is 1. The maximum atomic E-state index is 8.82. The van der Waals surface area contributed by atoms with Crippen molar-refractivity contribution in [2.75, 3.05) is 6.61 Å². The van der Waals surface area contributed by atoms with E-state index >= 15 is 0 Å². The molecule has 0 amide bonds.